The first-order chi connectivity index (χ1) is 13.4. The molecule has 1 aromatic rings. The van der Waals surface area contributed by atoms with Crippen molar-refractivity contribution in [2.24, 2.45) is 10.9 Å². The van der Waals surface area contributed by atoms with E-state index in [4.69, 9.17) is 4.74 Å². The molecule has 0 radical (unpaired) electrons. The molecule has 1 atom stereocenters. The third kappa shape index (κ3) is 8.02. The van der Waals surface area contributed by atoms with Crippen LogP contribution in [0.25, 0.3) is 0 Å². The number of aliphatic imine (C=N–C) groups is 1. The number of sulfonamides is 1. The molecule has 158 valence electrons. The number of halogens is 1. The van der Waals surface area contributed by atoms with Crippen molar-refractivity contribution >= 4 is 16.0 Å². The average molecular weight is 415 g/mol. The number of para-hydroxylation sites is 1. The zero-order valence-electron chi connectivity index (χ0n) is 16.6. The van der Waals surface area contributed by atoms with Crippen LogP contribution in [-0.4, -0.2) is 52.4 Å². The normalized spacial score (nSPS) is 16.3. The highest BCUT2D eigenvalue weighted by molar-refractivity contribution is 7.89. The fourth-order valence-corrected chi connectivity index (χ4v) is 3.68. The van der Waals surface area contributed by atoms with Gasteiger partial charge in [-0.05, 0) is 44.7 Å². The van der Waals surface area contributed by atoms with Crippen molar-refractivity contribution in [3.8, 4) is 5.75 Å². The summed E-state index contributed by atoms with van der Waals surface area (Å²) < 4.78 is 46.0. The lowest BCUT2D eigenvalue weighted by molar-refractivity contribution is 0.220. The molecule has 9 heteroatoms. The molecule has 0 aliphatic heterocycles. The van der Waals surface area contributed by atoms with Gasteiger partial charge in [0.25, 0.3) is 0 Å². The van der Waals surface area contributed by atoms with Crippen molar-refractivity contribution in [1.29, 1.82) is 0 Å². The summed E-state index contributed by atoms with van der Waals surface area (Å²) in [6.07, 6.45) is 3.06. The largest absolute Gasteiger partial charge is 0.486 e. The molecule has 0 amide bonds. The Labute approximate surface area is 167 Å². The third-order valence-corrected chi connectivity index (χ3v) is 5.84. The van der Waals surface area contributed by atoms with Gasteiger partial charge in [-0.3, -0.25) is 0 Å². The summed E-state index contributed by atoms with van der Waals surface area (Å²) >= 11 is 0. The molecular formula is C19H31FN4O3S. The van der Waals surface area contributed by atoms with Crippen LogP contribution in [0.3, 0.4) is 0 Å². The molecule has 1 fully saturated rings. The molecule has 1 aliphatic carbocycles. The molecule has 1 unspecified atom stereocenters. The quantitative estimate of drug-likeness (QED) is 0.380. The monoisotopic (exact) mass is 414 g/mol. The number of guanidine groups is 1. The summed E-state index contributed by atoms with van der Waals surface area (Å²) in [5.41, 5.74) is 0. The van der Waals surface area contributed by atoms with Gasteiger partial charge in [-0.1, -0.05) is 18.6 Å². The van der Waals surface area contributed by atoms with E-state index in [1.165, 1.54) is 12.5 Å². The molecule has 0 bridgehead atoms. The number of benzene rings is 1. The van der Waals surface area contributed by atoms with E-state index in [9.17, 15) is 12.8 Å². The van der Waals surface area contributed by atoms with E-state index in [-0.39, 0.29) is 24.2 Å². The molecule has 0 spiro atoms. The molecule has 1 aromatic carbocycles. The van der Waals surface area contributed by atoms with E-state index in [0.29, 0.717) is 31.5 Å². The van der Waals surface area contributed by atoms with Gasteiger partial charge in [0, 0.05) is 19.6 Å². The fourth-order valence-electron chi connectivity index (χ4n) is 2.67. The Kier molecular flexibility index (Phi) is 8.98. The van der Waals surface area contributed by atoms with Crippen molar-refractivity contribution in [1.82, 2.24) is 15.4 Å². The van der Waals surface area contributed by atoms with Gasteiger partial charge in [0.05, 0.1) is 12.3 Å². The summed E-state index contributed by atoms with van der Waals surface area (Å²) in [5, 5.41) is 6.08. The van der Waals surface area contributed by atoms with Gasteiger partial charge in [-0.15, -0.1) is 0 Å². The first-order valence-electron chi connectivity index (χ1n) is 9.80. The molecule has 28 heavy (non-hydrogen) atoms. The van der Waals surface area contributed by atoms with Gasteiger partial charge in [-0.25, -0.2) is 22.5 Å². The van der Waals surface area contributed by atoms with Crippen LogP contribution in [0.5, 0.6) is 5.75 Å². The van der Waals surface area contributed by atoms with Crippen molar-refractivity contribution in [2.75, 3.05) is 31.9 Å². The van der Waals surface area contributed by atoms with Gasteiger partial charge in [0.15, 0.2) is 17.5 Å². The molecule has 0 saturated heterocycles. The Hall–Kier alpha value is -1.87. The first kappa shape index (κ1) is 22.4. The van der Waals surface area contributed by atoms with Gasteiger partial charge in [0.1, 0.15) is 6.10 Å². The second-order valence-electron chi connectivity index (χ2n) is 6.97. The summed E-state index contributed by atoms with van der Waals surface area (Å²) in [6.45, 7) is 5.44. The molecule has 2 rings (SSSR count). The van der Waals surface area contributed by atoms with Crippen LogP contribution in [0.4, 0.5) is 4.39 Å². The number of nitrogens with one attached hydrogen (secondary N) is 3. The SMILES string of the molecule is CCNC(=NCC(C)Oc1ccccc1F)NCCS(=O)(=O)NCC1CCC1. The summed E-state index contributed by atoms with van der Waals surface area (Å²) in [7, 11) is -3.30. The maximum absolute atomic E-state index is 13.6. The van der Waals surface area contributed by atoms with Crippen molar-refractivity contribution in [2.45, 2.75) is 39.2 Å². The zero-order valence-corrected chi connectivity index (χ0v) is 17.4. The fraction of sp³-hybridized carbons (Fsp3) is 0.632. The van der Waals surface area contributed by atoms with Crippen LogP contribution in [0.15, 0.2) is 29.3 Å². The standard InChI is InChI=1S/C19H31FN4O3S/c1-3-21-19(22-11-12-28(25,26)24-14-16-7-6-8-16)23-13-15(2)27-18-10-5-4-9-17(18)20/h4-5,9-10,15-16,24H,3,6-8,11-14H2,1-2H3,(H2,21,22,23). The number of hydrogen-bond acceptors (Lipinski definition) is 4. The molecule has 1 aliphatic rings. The second kappa shape index (κ2) is 11.2. The Balaban J connectivity index is 1.76. The Morgan fingerprint density at radius 3 is 2.71 bits per heavy atom. The second-order valence-corrected chi connectivity index (χ2v) is 8.90. The summed E-state index contributed by atoms with van der Waals surface area (Å²) in [4.78, 5) is 4.39. The molecule has 1 saturated carbocycles. The van der Waals surface area contributed by atoms with Crippen molar-refractivity contribution in [3.05, 3.63) is 30.1 Å². The maximum Gasteiger partial charge on any atom is 0.213 e. The molecule has 0 aromatic heterocycles. The number of nitrogens with zero attached hydrogens (tertiary/aromatic N) is 1. The van der Waals surface area contributed by atoms with Crippen molar-refractivity contribution in [3.63, 3.8) is 0 Å². The van der Waals surface area contributed by atoms with Crippen LogP contribution in [0.2, 0.25) is 0 Å². The highest BCUT2D eigenvalue weighted by Crippen LogP contribution is 2.25. The van der Waals surface area contributed by atoms with Gasteiger partial charge in [-0.2, -0.15) is 0 Å². The smallest absolute Gasteiger partial charge is 0.213 e. The maximum atomic E-state index is 13.6. The van der Waals surface area contributed by atoms with E-state index in [0.717, 1.165) is 12.8 Å². The summed E-state index contributed by atoms with van der Waals surface area (Å²) in [5.74, 6) is 0.735. The molecule has 7 nitrogen and oxygen atoms in total. The minimum absolute atomic E-state index is 0.0224. The highest BCUT2D eigenvalue weighted by Gasteiger charge is 2.20. The van der Waals surface area contributed by atoms with E-state index in [1.54, 1.807) is 25.1 Å². The Morgan fingerprint density at radius 2 is 2.07 bits per heavy atom. The highest BCUT2D eigenvalue weighted by atomic mass is 32.2. The topological polar surface area (TPSA) is 91.8 Å². The average Bonchev–Trinajstić information content (AvgIpc) is 2.60. The molecular weight excluding hydrogens is 383 g/mol. The van der Waals surface area contributed by atoms with Crippen LogP contribution in [0.1, 0.15) is 33.1 Å². The van der Waals surface area contributed by atoms with Gasteiger partial charge < -0.3 is 15.4 Å². The predicted molar refractivity (Wildman–Crippen MR) is 110 cm³/mol. The third-order valence-electron chi connectivity index (χ3n) is 4.50. The molecule has 3 N–H and O–H groups in total. The Morgan fingerprint density at radius 1 is 1.32 bits per heavy atom. The van der Waals surface area contributed by atoms with E-state index in [1.807, 2.05) is 6.92 Å². The van der Waals surface area contributed by atoms with E-state index in [2.05, 4.69) is 20.3 Å². The zero-order chi connectivity index (χ0) is 20.4. The van der Waals surface area contributed by atoms with Crippen LogP contribution in [0, 0.1) is 11.7 Å². The van der Waals surface area contributed by atoms with Crippen LogP contribution >= 0.6 is 0 Å². The minimum atomic E-state index is -3.30. The van der Waals surface area contributed by atoms with Crippen molar-refractivity contribution < 1.29 is 17.5 Å². The lowest BCUT2D eigenvalue weighted by Crippen LogP contribution is -2.42. The first-order valence-corrected chi connectivity index (χ1v) is 11.5. The number of hydrogen-bond donors (Lipinski definition) is 3. The van der Waals surface area contributed by atoms with Gasteiger partial charge in [0.2, 0.25) is 10.0 Å². The predicted octanol–water partition coefficient (Wildman–Crippen LogP) is 1.87. The number of rotatable bonds is 11. The summed E-state index contributed by atoms with van der Waals surface area (Å²) in [6, 6.07) is 6.23. The van der Waals surface area contributed by atoms with Crippen LogP contribution < -0.4 is 20.1 Å². The number of ether oxygens (including phenoxy) is 1. The molecule has 0 heterocycles. The minimum Gasteiger partial charge on any atom is -0.486 e. The van der Waals surface area contributed by atoms with E-state index >= 15 is 0 Å². The Bertz CT molecular complexity index is 738. The van der Waals surface area contributed by atoms with E-state index < -0.39 is 15.8 Å². The van der Waals surface area contributed by atoms with Crippen LogP contribution in [-0.2, 0) is 10.0 Å². The lowest BCUT2D eigenvalue weighted by Gasteiger charge is -2.25. The van der Waals surface area contributed by atoms with Gasteiger partial charge >= 0.3 is 0 Å². The lowest BCUT2D eigenvalue weighted by atomic mass is 9.86.